The first-order chi connectivity index (χ1) is 7.36. The molecule has 2 aromatic rings. The van der Waals surface area contributed by atoms with Crippen molar-refractivity contribution >= 4 is 11.0 Å². The molecule has 2 heterocycles. The highest BCUT2D eigenvalue weighted by Gasteiger charge is 2.07. The Morgan fingerprint density at radius 2 is 2.40 bits per heavy atom. The van der Waals surface area contributed by atoms with Crippen LogP contribution in [0.1, 0.15) is 5.56 Å². The van der Waals surface area contributed by atoms with Gasteiger partial charge < -0.3 is 15.0 Å². The van der Waals surface area contributed by atoms with E-state index >= 15 is 0 Å². The quantitative estimate of drug-likeness (QED) is 0.814. The van der Waals surface area contributed by atoms with E-state index in [1.165, 1.54) is 10.9 Å². The standard InChI is InChI=1S/C11H15N3O/c1-15-8-14-7-9(4-5-12)10-3-2-6-13-11(10)14/h2-3,6-7H,4-5,8,12H2,1H3. The fraction of sp³-hybridized carbons (Fsp3) is 0.364. The maximum Gasteiger partial charge on any atom is 0.142 e. The number of hydrogen-bond donors (Lipinski definition) is 1. The molecule has 0 radical (unpaired) electrons. The van der Waals surface area contributed by atoms with Crippen LogP contribution < -0.4 is 5.73 Å². The molecule has 0 saturated heterocycles. The molecular weight excluding hydrogens is 190 g/mol. The number of nitrogens with zero attached hydrogens (tertiary/aromatic N) is 2. The Morgan fingerprint density at radius 1 is 1.53 bits per heavy atom. The van der Waals surface area contributed by atoms with E-state index in [0.717, 1.165) is 12.1 Å². The average molecular weight is 205 g/mol. The van der Waals surface area contributed by atoms with E-state index in [0.29, 0.717) is 13.3 Å². The summed E-state index contributed by atoms with van der Waals surface area (Å²) in [5.41, 5.74) is 7.77. The van der Waals surface area contributed by atoms with Gasteiger partial charge in [0.05, 0.1) is 0 Å². The van der Waals surface area contributed by atoms with Gasteiger partial charge in [0.15, 0.2) is 0 Å². The van der Waals surface area contributed by atoms with Crippen LogP contribution in [0.15, 0.2) is 24.5 Å². The second-order valence-corrected chi connectivity index (χ2v) is 3.46. The summed E-state index contributed by atoms with van der Waals surface area (Å²) < 4.78 is 7.12. The summed E-state index contributed by atoms with van der Waals surface area (Å²) in [7, 11) is 1.68. The molecule has 15 heavy (non-hydrogen) atoms. The molecule has 0 aliphatic rings. The van der Waals surface area contributed by atoms with Crippen LogP contribution in [-0.4, -0.2) is 23.2 Å². The lowest BCUT2D eigenvalue weighted by molar-refractivity contribution is 0.134. The molecular formula is C11H15N3O. The molecule has 2 N–H and O–H groups in total. The summed E-state index contributed by atoms with van der Waals surface area (Å²) in [6.45, 7) is 1.18. The molecule has 4 heteroatoms. The molecule has 0 bridgehead atoms. The third-order valence-electron chi connectivity index (χ3n) is 2.40. The molecule has 0 atom stereocenters. The van der Waals surface area contributed by atoms with E-state index in [9.17, 15) is 0 Å². The van der Waals surface area contributed by atoms with Gasteiger partial charge in [-0.1, -0.05) is 0 Å². The Balaban J connectivity index is 2.52. The second kappa shape index (κ2) is 4.42. The molecule has 80 valence electrons. The summed E-state index contributed by atoms with van der Waals surface area (Å²) in [4.78, 5) is 4.34. The predicted molar refractivity (Wildman–Crippen MR) is 59.5 cm³/mol. The fourth-order valence-corrected chi connectivity index (χ4v) is 1.79. The normalized spacial score (nSPS) is 11.1. The SMILES string of the molecule is COCn1cc(CCN)c2cccnc21. The van der Waals surface area contributed by atoms with Gasteiger partial charge in [-0.25, -0.2) is 4.98 Å². The molecule has 2 aromatic heterocycles. The minimum absolute atomic E-state index is 0.526. The molecule has 0 aliphatic carbocycles. The van der Waals surface area contributed by atoms with E-state index in [-0.39, 0.29) is 0 Å². The molecule has 0 aromatic carbocycles. The van der Waals surface area contributed by atoms with E-state index in [1.807, 2.05) is 10.6 Å². The van der Waals surface area contributed by atoms with Crippen LogP contribution in [-0.2, 0) is 17.9 Å². The highest BCUT2D eigenvalue weighted by Crippen LogP contribution is 2.19. The van der Waals surface area contributed by atoms with Crippen LogP contribution in [0.25, 0.3) is 11.0 Å². The van der Waals surface area contributed by atoms with Crippen LogP contribution in [0, 0.1) is 0 Å². The molecule has 2 rings (SSSR count). The Morgan fingerprint density at radius 3 is 3.13 bits per heavy atom. The van der Waals surface area contributed by atoms with Crippen molar-refractivity contribution in [3.05, 3.63) is 30.1 Å². The first-order valence-electron chi connectivity index (χ1n) is 4.98. The zero-order valence-corrected chi connectivity index (χ0v) is 8.81. The maximum absolute atomic E-state index is 5.57. The number of aromatic nitrogens is 2. The molecule has 0 saturated carbocycles. The lowest BCUT2D eigenvalue weighted by atomic mass is 10.2. The van der Waals surface area contributed by atoms with Crippen LogP contribution in [0.2, 0.25) is 0 Å². The summed E-state index contributed by atoms with van der Waals surface area (Å²) in [5.74, 6) is 0. The van der Waals surface area contributed by atoms with E-state index < -0.39 is 0 Å². The van der Waals surface area contributed by atoms with Crippen molar-refractivity contribution in [2.24, 2.45) is 5.73 Å². The van der Waals surface area contributed by atoms with Crippen LogP contribution in [0.3, 0.4) is 0 Å². The highest BCUT2D eigenvalue weighted by molar-refractivity contribution is 5.80. The first-order valence-corrected chi connectivity index (χ1v) is 4.98. The summed E-state index contributed by atoms with van der Waals surface area (Å²) in [5, 5.41) is 1.17. The largest absolute Gasteiger partial charge is 0.364 e. The Kier molecular flexibility index (Phi) is 2.99. The van der Waals surface area contributed by atoms with Crippen LogP contribution in [0.4, 0.5) is 0 Å². The van der Waals surface area contributed by atoms with Gasteiger partial charge in [0, 0.05) is 24.9 Å². The van der Waals surface area contributed by atoms with Gasteiger partial charge >= 0.3 is 0 Å². The number of hydrogen-bond acceptors (Lipinski definition) is 3. The Labute approximate surface area is 88.7 Å². The molecule has 4 nitrogen and oxygen atoms in total. The average Bonchev–Trinajstić information content (AvgIpc) is 2.59. The van der Waals surface area contributed by atoms with Crippen molar-refractivity contribution in [3.63, 3.8) is 0 Å². The van der Waals surface area contributed by atoms with Gasteiger partial charge in [-0.3, -0.25) is 0 Å². The van der Waals surface area contributed by atoms with Crippen molar-refractivity contribution in [1.82, 2.24) is 9.55 Å². The van der Waals surface area contributed by atoms with Crippen molar-refractivity contribution in [2.75, 3.05) is 13.7 Å². The molecule has 0 unspecified atom stereocenters. The van der Waals surface area contributed by atoms with Gasteiger partial charge in [-0.2, -0.15) is 0 Å². The van der Waals surface area contributed by atoms with Gasteiger partial charge in [-0.15, -0.1) is 0 Å². The van der Waals surface area contributed by atoms with E-state index in [1.54, 1.807) is 13.3 Å². The smallest absolute Gasteiger partial charge is 0.142 e. The van der Waals surface area contributed by atoms with E-state index in [4.69, 9.17) is 10.5 Å². The van der Waals surface area contributed by atoms with Crippen LogP contribution >= 0.6 is 0 Å². The number of nitrogens with two attached hydrogens (primary N) is 1. The molecule has 0 amide bonds. The third-order valence-corrected chi connectivity index (χ3v) is 2.40. The van der Waals surface area contributed by atoms with Crippen LogP contribution in [0.5, 0.6) is 0 Å². The first kappa shape index (κ1) is 10.1. The number of methoxy groups -OCH3 is 1. The topological polar surface area (TPSA) is 53.1 Å². The Bertz CT molecular complexity index is 410. The number of fused-ring (bicyclic) bond motifs is 1. The molecule has 0 spiro atoms. The maximum atomic E-state index is 5.57. The van der Waals surface area contributed by atoms with Gasteiger partial charge in [0.25, 0.3) is 0 Å². The zero-order valence-electron chi connectivity index (χ0n) is 8.81. The minimum Gasteiger partial charge on any atom is -0.364 e. The lowest BCUT2D eigenvalue weighted by Crippen LogP contribution is -2.02. The number of ether oxygens (including phenoxy) is 1. The molecule has 0 aliphatic heterocycles. The van der Waals surface area contributed by atoms with Crippen molar-refractivity contribution in [3.8, 4) is 0 Å². The van der Waals surface area contributed by atoms with E-state index in [2.05, 4.69) is 17.2 Å². The van der Waals surface area contributed by atoms with Crippen molar-refractivity contribution in [2.45, 2.75) is 13.2 Å². The second-order valence-electron chi connectivity index (χ2n) is 3.46. The Hall–Kier alpha value is -1.39. The van der Waals surface area contributed by atoms with Gasteiger partial charge in [-0.05, 0) is 30.7 Å². The lowest BCUT2D eigenvalue weighted by Gasteiger charge is -2.00. The van der Waals surface area contributed by atoms with Crippen molar-refractivity contribution in [1.29, 1.82) is 0 Å². The third kappa shape index (κ3) is 1.86. The van der Waals surface area contributed by atoms with Gasteiger partial charge in [0.1, 0.15) is 12.4 Å². The summed E-state index contributed by atoms with van der Waals surface area (Å²) in [6, 6.07) is 4.01. The van der Waals surface area contributed by atoms with Gasteiger partial charge in [0.2, 0.25) is 0 Å². The molecule has 0 fully saturated rings. The van der Waals surface area contributed by atoms with Crippen molar-refractivity contribution < 1.29 is 4.74 Å². The summed E-state index contributed by atoms with van der Waals surface area (Å²) in [6.07, 6.45) is 4.73. The minimum atomic E-state index is 0.526. The number of rotatable bonds is 4. The highest BCUT2D eigenvalue weighted by atomic mass is 16.5. The monoisotopic (exact) mass is 205 g/mol. The fourth-order valence-electron chi connectivity index (χ4n) is 1.79. The number of pyridine rings is 1. The zero-order chi connectivity index (χ0) is 10.7. The predicted octanol–water partition coefficient (Wildman–Crippen LogP) is 1.14. The summed E-state index contributed by atoms with van der Waals surface area (Å²) >= 11 is 0.